The third kappa shape index (κ3) is 6.15. The van der Waals surface area contributed by atoms with Crippen LogP contribution in [0.2, 0.25) is 0 Å². The van der Waals surface area contributed by atoms with E-state index in [9.17, 15) is 9.59 Å². The van der Waals surface area contributed by atoms with E-state index in [4.69, 9.17) is 14.5 Å². The number of rotatable bonds is 7. The first-order valence-electron chi connectivity index (χ1n) is 12.6. The highest BCUT2D eigenvalue weighted by Crippen LogP contribution is 2.34. The molecule has 0 aromatic heterocycles. The first-order chi connectivity index (χ1) is 18.6. The number of amidine groups is 1. The van der Waals surface area contributed by atoms with Crippen LogP contribution in [-0.2, 0) is 16.1 Å². The summed E-state index contributed by atoms with van der Waals surface area (Å²) in [6.45, 7) is 5.20. The molecule has 0 saturated carbocycles. The monoisotopic (exact) mass is 527 g/mol. The zero-order valence-corrected chi connectivity index (χ0v) is 22.0. The summed E-state index contributed by atoms with van der Waals surface area (Å²) in [5.74, 6) is 0.654. The minimum absolute atomic E-state index is 0.0328. The summed E-state index contributed by atoms with van der Waals surface area (Å²) in [7, 11) is 0. The van der Waals surface area contributed by atoms with E-state index in [1.54, 1.807) is 21.9 Å². The largest absolute Gasteiger partial charge is 0.489 e. The molecule has 0 aliphatic carbocycles. The topological polar surface area (TPSA) is 71.4 Å². The van der Waals surface area contributed by atoms with E-state index in [2.05, 4.69) is 0 Å². The maximum atomic E-state index is 13.1. The summed E-state index contributed by atoms with van der Waals surface area (Å²) in [6, 6.07) is 24.9. The first kappa shape index (κ1) is 25.8. The lowest BCUT2D eigenvalue weighted by molar-refractivity contribution is -0.122. The molecule has 38 heavy (non-hydrogen) atoms. The van der Waals surface area contributed by atoms with Gasteiger partial charge in [-0.15, -0.1) is 0 Å². The second-order valence-electron chi connectivity index (χ2n) is 8.85. The summed E-state index contributed by atoms with van der Waals surface area (Å²) in [5.41, 5.74) is 3.23. The normalized spacial score (nSPS) is 17.9. The maximum absolute atomic E-state index is 13.1. The number of hydrogen-bond donors (Lipinski definition) is 0. The number of likely N-dealkylation sites (N-methyl/N-ethyl adjacent to an activating group) is 1. The van der Waals surface area contributed by atoms with Crippen LogP contribution in [0.3, 0.4) is 0 Å². The lowest BCUT2D eigenvalue weighted by atomic mass is 10.1. The average molecular weight is 528 g/mol. The number of benzene rings is 3. The van der Waals surface area contributed by atoms with Gasteiger partial charge in [0, 0.05) is 25.2 Å². The molecule has 0 radical (unpaired) electrons. The zero-order valence-electron chi connectivity index (χ0n) is 21.2. The van der Waals surface area contributed by atoms with Crippen molar-refractivity contribution in [3.8, 4) is 5.75 Å². The molecule has 2 saturated heterocycles. The summed E-state index contributed by atoms with van der Waals surface area (Å²) >= 11 is 1.34. The van der Waals surface area contributed by atoms with Crippen LogP contribution in [0.4, 0.5) is 5.69 Å². The molecule has 5 rings (SSSR count). The smallest absolute Gasteiger partial charge is 0.266 e. The molecule has 0 N–H and O–H groups in total. The average Bonchev–Trinajstić information content (AvgIpc) is 3.26. The molecule has 2 aliphatic heterocycles. The van der Waals surface area contributed by atoms with E-state index in [0.29, 0.717) is 60.8 Å². The molecule has 2 heterocycles. The van der Waals surface area contributed by atoms with Crippen molar-refractivity contribution in [1.82, 2.24) is 9.80 Å². The minimum atomic E-state index is -0.0822. The number of aliphatic imine (C=N–C) groups is 1. The molecule has 0 atom stereocenters. The molecule has 7 nitrogen and oxygen atoms in total. The number of amides is 2. The summed E-state index contributed by atoms with van der Waals surface area (Å²) in [6.07, 6.45) is 1.87. The van der Waals surface area contributed by atoms with Crippen molar-refractivity contribution < 1.29 is 19.1 Å². The highest BCUT2D eigenvalue weighted by molar-refractivity contribution is 8.18. The van der Waals surface area contributed by atoms with Crippen molar-refractivity contribution >= 4 is 40.5 Å². The van der Waals surface area contributed by atoms with Crippen LogP contribution in [0, 0.1) is 0 Å². The van der Waals surface area contributed by atoms with Crippen molar-refractivity contribution in [3.63, 3.8) is 0 Å². The molecule has 2 amide bonds. The third-order valence-corrected chi connectivity index (χ3v) is 7.25. The number of carbonyl (C=O) groups is 2. The van der Waals surface area contributed by atoms with Crippen molar-refractivity contribution in [2.45, 2.75) is 13.5 Å². The Morgan fingerprint density at radius 1 is 1.03 bits per heavy atom. The summed E-state index contributed by atoms with van der Waals surface area (Å²) in [4.78, 5) is 34.8. The van der Waals surface area contributed by atoms with Crippen LogP contribution >= 0.6 is 11.8 Å². The van der Waals surface area contributed by atoms with Crippen molar-refractivity contribution in [2.24, 2.45) is 4.99 Å². The van der Waals surface area contributed by atoms with Crippen molar-refractivity contribution in [2.75, 3.05) is 32.8 Å². The van der Waals surface area contributed by atoms with Gasteiger partial charge in [0.1, 0.15) is 12.4 Å². The van der Waals surface area contributed by atoms with Gasteiger partial charge in [-0.1, -0.05) is 48.5 Å². The quantitative estimate of drug-likeness (QED) is 0.387. The molecule has 8 heteroatoms. The molecule has 3 aromatic rings. The second-order valence-corrected chi connectivity index (χ2v) is 9.86. The van der Waals surface area contributed by atoms with E-state index in [0.717, 1.165) is 16.9 Å². The minimum Gasteiger partial charge on any atom is -0.489 e. The Hall–Kier alpha value is -3.88. The fourth-order valence-corrected chi connectivity index (χ4v) is 5.25. The molecule has 194 valence electrons. The van der Waals surface area contributed by atoms with Crippen molar-refractivity contribution in [1.29, 1.82) is 0 Å². The molecular formula is C30H29N3O4S. The van der Waals surface area contributed by atoms with E-state index in [1.165, 1.54) is 11.8 Å². The van der Waals surface area contributed by atoms with Crippen LogP contribution in [0.25, 0.3) is 6.08 Å². The number of ether oxygens (including phenoxy) is 2. The van der Waals surface area contributed by atoms with Gasteiger partial charge in [0.2, 0.25) is 0 Å². The van der Waals surface area contributed by atoms with Gasteiger partial charge < -0.3 is 14.4 Å². The van der Waals surface area contributed by atoms with Crippen LogP contribution in [-0.4, -0.2) is 59.6 Å². The predicted molar refractivity (Wildman–Crippen MR) is 150 cm³/mol. The van der Waals surface area contributed by atoms with Gasteiger partial charge >= 0.3 is 0 Å². The fraction of sp³-hybridized carbons (Fsp3) is 0.233. The molecule has 3 aromatic carbocycles. The Bertz CT molecular complexity index is 1350. The van der Waals surface area contributed by atoms with E-state index >= 15 is 0 Å². The molecule has 0 bridgehead atoms. The van der Waals surface area contributed by atoms with Gasteiger partial charge in [-0.25, -0.2) is 4.99 Å². The second kappa shape index (κ2) is 12.1. The first-order valence-corrected chi connectivity index (χ1v) is 13.5. The van der Waals surface area contributed by atoms with Gasteiger partial charge in [0.25, 0.3) is 11.8 Å². The van der Waals surface area contributed by atoms with Gasteiger partial charge in [0.15, 0.2) is 5.17 Å². The van der Waals surface area contributed by atoms with Crippen LogP contribution in [0.15, 0.2) is 88.8 Å². The third-order valence-electron chi connectivity index (χ3n) is 6.25. The molecule has 2 fully saturated rings. The number of hydrogen-bond acceptors (Lipinski definition) is 6. The van der Waals surface area contributed by atoms with Gasteiger partial charge in [-0.2, -0.15) is 0 Å². The Labute approximate surface area is 226 Å². The van der Waals surface area contributed by atoms with E-state index in [1.807, 2.05) is 79.7 Å². The number of nitrogens with zero attached hydrogens (tertiary/aromatic N) is 3. The highest BCUT2D eigenvalue weighted by atomic mass is 32.2. The molecule has 2 aliphatic rings. The number of carbonyl (C=O) groups excluding carboxylic acids is 2. The molecule has 0 spiro atoms. The van der Waals surface area contributed by atoms with E-state index < -0.39 is 0 Å². The summed E-state index contributed by atoms with van der Waals surface area (Å²) in [5, 5.41) is 0.600. The number of thioether (sulfide) groups is 1. The Kier molecular flexibility index (Phi) is 8.21. The maximum Gasteiger partial charge on any atom is 0.266 e. The van der Waals surface area contributed by atoms with Crippen molar-refractivity contribution in [3.05, 3.63) is 100 Å². The fourth-order valence-electron chi connectivity index (χ4n) is 4.19. The predicted octanol–water partition coefficient (Wildman–Crippen LogP) is 5.36. The summed E-state index contributed by atoms with van der Waals surface area (Å²) < 4.78 is 11.2. The van der Waals surface area contributed by atoms with Crippen LogP contribution < -0.4 is 4.74 Å². The SMILES string of the molecule is CCN1C(=O)/C(=C\c2ccc(OCc3ccccc3)cc2)SC1=Nc1cccc(C(=O)N2CCOCC2)c1. The lowest BCUT2D eigenvalue weighted by Crippen LogP contribution is -2.40. The Morgan fingerprint density at radius 2 is 1.79 bits per heavy atom. The Morgan fingerprint density at radius 3 is 2.53 bits per heavy atom. The van der Waals surface area contributed by atoms with Gasteiger partial charge in [-0.3, -0.25) is 14.5 Å². The van der Waals surface area contributed by atoms with Crippen LogP contribution in [0.5, 0.6) is 5.75 Å². The molecular weight excluding hydrogens is 498 g/mol. The van der Waals surface area contributed by atoms with Crippen LogP contribution in [0.1, 0.15) is 28.4 Å². The lowest BCUT2D eigenvalue weighted by Gasteiger charge is -2.26. The molecule has 0 unspecified atom stereocenters. The Balaban J connectivity index is 1.29. The van der Waals surface area contributed by atoms with E-state index in [-0.39, 0.29) is 11.8 Å². The van der Waals surface area contributed by atoms with Gasteiger partial charge in [-0.05, 0) is 66.2 Å². The highest BCUT2D eigenvalue weighted by Gasteiger charge is 2.32. The number of morpholine rings is 1. The van der Waals surface area contributed by atoms with Gasteiger partial charge in [0.05, 0.1) is 23.8 Å². The zero-order chi connectivity index (χ0) is 26.3. The standard InChI is InChI=1S/C30H29N3O4S/c1-2-33-29(35)27(19-22-11-13-26(14-12-22)37-21-23-7-4-3-5-8-23)38-30(33)31-25-10-6-9-24(20-25)28(34)32-15-17-36-18-16-32/h3-14,19-20H,2,15-18,21H2,1H3/b27-19+,31-30?.